The van der Waals surface area contributed by atoms with Gasteiger partial charge in [0.05, 0.1) is 30.3 Å². The molecule has 0 aliphatic carbocycles. The number of aromatic nitrogens is 2. The Kier molecular flexibility index (Phi) is 10.9. The second kappa shape index (κ2) is 14.3. The molecule has 0 radical (unpaired) electrons. The maximum atomic E-state index is 13.1. The monoisotopic (exact) mass is 566 g/mol. The van der Waals surface area contributed by atoms with E-state index in [1.807, 2.05) is 37.7 Å². The van der Waals surface area contributed by atoms with Gasteiger partial charge in [0.2, 0.25) is 17.0 Å². The highest BCUT2D eigenvalue weighted by Crippen LogP contribution is 2.36. The summed E-state index contributed by atoms with van der Waals surface area (Å²) in [5.41, 5.74) is 8.91. The highest BCUT2D eigenvalue weighted by molar-refractivity contribution is 6.66. The zero-order chi connectivity index (χ0) is 29.2. The Morgan fingerprint density at radius 2 is 1.85 bits per heavy atom. The molecule has 0 spiro atoms. The number of allylic oxidation sites excluding steroid dienone is 1. The minimum Gasteiger partial charge on any atom is -0.494 e. The molecule has 10 nitrogen and oxygen atoms in total. The average molecular weight is 567 g/mol. The van der Waals surface area contributed by atoms with Crippen LogP contribution in [0.15, 0.2) is 60.8 Å². The largest absolute Gasteiger partial charge is 0.494 e. The number of nitrogens with two attached hydrogens (primary N) is 1. The summed E-state index contributed by atoms with van der Waals surface area (Å²) in [5, 5.41) is 2.57. The molecule has 1 heterocycles. The predicted molar refractivity (Wildman–Crippen MR) is 159 cm³/mol. The van der Waals surface area contributed by atoms with Gasteiger partial charge in [0.25, 0.3) is 0 Å². The molecule has 0 saturated carbocycles. The van der Waals surface area contributed by atoms with E-state index in [0.717, 1.165) is 12.2 Å². The maximum absolute atomic E-state index is 13.1. The SMILES string of the molecule is COc1cc(N(C/C=C\C(=O)Cl)CCN(C)C)c(N)cc1Nc1nccc(C(=O)c2ccc(OC(C)C)cc2)n1. The van der Waals surface area contributed by atoms with Crippen molar-refractivity contribution >= 4 is 45.6 Å². The Labute approximate surface area is 239 Å². The summed E-state index contributed by atoms with van der Waals surface area (Å²) in [4.78, 5) is 37.0. The summed E-state index contributed by atoms with van der Waals surface area (Å²) < 4.78 is 11.3. The van der Waals surface area contributed by atoms with Crippen LogP contribution in [0.4, 0.5) is 23.0 Å². The first-order valence-electron chi connectivity index (χ1n) is 12.7. The highest BCUT2D eigenvalue weighted by Gasteiger charge is 2.17. The van der Waals surface area contributed by atoms with Crippen molar-refractivity contribution in [3.8, 4) is 11.5 Å². The molecule has 0 atom stereocenters. The van der Waals surface area contributed by atoms with E-state index >= 15 is 0 Å². The molecule has 0 bridgehead atoms. The molecule has 3 aromatic rings. The predicted octanol–water partition coefficient (Wildman–Crippen LogP) is 4.52. The quantitative estimate of drug-likeness (QED) is 0.125. The van der Waals surface area contributed by atoms with Crippen LogP contribution in [0, 0.1) is 0 Å². The number of benzene rings is 2. The molecule has 11 heteroatoms. The topological polar surface area (TPSA) is 123 Å². The molecular formula is C29H35ClN6O4. The van der Waals surface area contributed by atoms with Gasteiger partial charge in [-0.2, -0.15) is 0 Å². The average Bonchev–Trinajstić information content (AvgIpc) is 2.90. The van der Waals surface area contributed by atoms with Gasteiger partial charge in [0.15, 0.2) is 0 Å². The second-order valence-corrected chi connectivity index (χ2v) is 9.85. The number of hydrogen-bond donors (Lipinski definition) is 2. The number of nitrogen functional groups attached to an aromatic ring is 1. The van der Waals surface area contributed by atoms with E-state index in [2.05, 4.69) is 15.3 Å². The van der Waals surface area contributed by atoms with Crippen LogP contribution < -0.4 is 25.4 Å². The third-order valence-corrected chi connectivity index (χ3v) is 5.83. The lowest BCUT2D eigenvalue weighted by atomic mass is 10.1. The van der Waals surface area contributed by atoms with Crippen molar-refractivity contribution in [3.63, 3.8) is 0 Å². The molecule has 0 amide bonds. The first kappa shape index (κ1) is 30.4. The zero-order valence-electron chi connectivity index (χ0n) is 23.3. The van der Waals surface area contributed by atoms with E-state index in [-0.39, 0.29) is 23.5 Å². The number of hydrogen-bond acceptors (Lipinski definition) is 10. The molecule has 1 aromatic heterocycles. The summed E-state index contributed by atoms with van der Waals surface area (Å²) in [7, 11) is 5.50. The number of likely N-dealkylation sites (N-methyl/N-ethyl adjacent to an activating group) is 1. The smallest absolute Gasteiger partial charge is 0.244 e. The molecule has 212 valence electrons. The third kappa shape index (κ3) is 8.69. The Hall–Kier alpha value is -4.15. The first-order chi connectivity index (χ1) is 19.1. The molecule has 40 heavy (non-hydrogen) atoms. The Morgan fingerprint density at radius 3 is 2.48 bits per heavy atom. The molecule has 0 saturated heterocycles. The lowest BCUT2D eigenvalue weighted by Gasteiger charge is -2.27. The van der Waals surface area contributed by atoms with Crippen LogP contribution in [0.5, 0.6) is 11.5 Å². The van der Waals surface area contributed by atoms with Crippen LogP contribution in [0.25, 0.3) is 0 Å². The lowest BCUT2D eigenvalue weighted by molar-refractivity contribution is -0.107. The number of rotatable bonds is 14. The number of carbonyl (C=O) groups is 2. The number of methoxy groups -OCH3 is 1. The maximum Gasteiger partial charge on any atom is 0.244 e. The molecule has 2 aromatic carbocycles. The van der Waals surface area contributed by atoms with Crippen molar-refractivity contribution in [1.29, 1.82) is 0 Å². The number of nitrogens with one attached hydrogen (secondary N) is 1. The summed E-state index contributed by atoms with van der Waals surface area (Å²) >= 11 is 5.46. The highest BCUT2D eigenvalue weighted by atomic mass is 35.5. The van der Waals surface area contributed by atoms with Gasteiger partial charge in [-0.25, -0.2) is 9.97 Å². The van der Waals surface area contributed by atoms with Crippen LogP contribution in [0.3, 0.4) is 0 Å². The molecule has 3 N–H and O–H groups in total. The number of halogens is 1. The molecule has 0 fully saturated rings. The fourth-order valence-corrected chi connectivity index (χ4v) is 3.89. The van der Waals surface area contributed by atoms with E-state index in [1.165, 1.54) is 12.3 Å². The Morgan fingerprint density at radius 1 is 1.12 bits per heavy atom. The summed E-state index contributed by atoms with van der Waals surface area (Å²) in [6.07, 6.45) is 4.55. The van der Waals surface area contributed by atoms with Crippen LogP contribution in [-0.4, -0.2) is 72.8 Å². The van der Waals surface area contributed by atoms with Gasteiger partial charge in [-0.05, 0) is 82.0 Å². The van der Waals surface area contributed by atoms with Crippen molar-refractivity contribution in [1.82, 2.24) is 14.9 Å². The van der Waals surface area contributed by atoms with Crippen LogP contribution in [0.1, 0.15) is 29.9 Å². The van der Waals surface area contributed by atoms with Crippen LogP contribution >= 0.6 is 11.6 Å². The van der Waals surface area contributed by atoms with Gasteiger partial charge in [-0.1, -0.05) is 6.08 Å². The van der Waals surface area contributed by atoms with Crippen LogP contribution in [-0.2, 0) is 4.79 Å². The zero-order valence-corrected chi connectivity index (χ0v) is 24.1. The fraction of sp³-hybridized carbons (Fsp3) is 0.310. The molecule has 3 rings (SSSR count). The summed E-state index contributed by atoms with van der Waals surface area (Å²) in [5.74, 6) is 1.15. The first-order valence-corrected chi connectivity index (χ1v) is 13.1. The van der Waals surface area contributed by atoms with E-state index in [1.54, 1.807) is 55.7 Å². The number of nitrogens with zero attached hydrogens (tertiary/aromatic N) is 4. The second-order valence-electron chi connectivity index (χ2n) is 9.48. The fourth-order valence-electron chi connectivity index (χ4n) is 3.80. The van der Waals surface area contributed by atoms with Gasteiger partial charge in [0, 0.05) is 37.5 Å². The number of ether oxygens (including phenoxy) is 2. The number of ketones is 1. The van der Waals surface area contributed by atoms with Crippen molar-refractivity contribution in [2.24, 2.45) is 0 Å². The van der Waals surface area contributed by atoms with E-state index in [0.29, 0.717) is 41.5 Å². The van der Waals surface area contributed by atoms with Crippen molar-refractivity contribution < 1.29 is 19.1 Å². The van der Waals surface area contributed by atoms with Gasteiger partial charge >= 0.3 is 0 Å². The normalized spacial score (nSPS) is 11.2. The van der Waals surface area contributed by atoms with Gasteiger partial charge in [-0.15, -0.1) is 0 Å². The summed E-state index contributed by atoms with van der Waals surface area (Å²) in [6.45, 7) is 5.70. The number of carbonyl (C=O) groups excluding carboxylic acids is 2. The minimum atomic E-state index is -0.546. The van der Waals surface area contributed by atoms with Crippen molar-refractivity contribution in [2.45, 2.75) is 20.0 Å². The number of anilines is 4. The standard InChI is InChI=1S/C29H35ClN6O4/c1-19(2)40-21-10-8-20(9-11-21)28(38)23-12-13-32-29(33-23)34-24-17-22(31)25(18-26(24)39-5)36(16-15-35(3)4)14-6-7-27(30)37/h6-13,17-19H,14-16,31H2,1-5H3,(H,32,33,34)/b7-6-. The Bertz CT molecular complexity index is 1340. The molecular weight excluding hydrogens is 532 g/mol. The van der Waals surface area contributed by atoms with Crippen molar-refractivity contribution in [3.05, 3.63) is 72.1 Å². The van der Waals surface area contributed by atoms with Gasteiger partial charge in [0.1, 0.15) is 17.2 Å². The molecule has 0 aliphatic heterocycles. The molecule has 0 aliphatic rings. The summed E-state index contributed by atoms with van der Waals surface area (Å²) in [6, 6.07) is 12.0. The van der Waals surface area contributed by atoms with Crippen molar-refractivity contribution in [2.75, 3.05) is 56.8 Å². The van der Waals surface area contributed by atoms with E-state index in [4.69, 9.17) is 26.8 Å². The Balaban J connectivity index is 1.84. The van der Waals surface area contributed by atoms with Crippen LogP contribution in [0.2, 0.25) is 0 Å². The third-order valence-electron chi connectivity index (χ3n) is 5.70. The lowest BCUT2D eigenvalue weighted by Crippen LogP contribution is -2.32. The van der Waals surface area contributed by atoms with Gasteiger partial charge in [-0.3, -0.25) is 9.59 Å². The minimum absolute atomic E-state index is 0.0386. The van der Waals surface area contributed by atoms with E-state index < -0.39 is 5.24 Å². The van der Waals surface area contributed by atoms with Gasteiger partial charge < -0.3 is 30.3 Å². The van der Waals surface area contributed by atoms with E-state index in [9.17, 15) is 9.59 Å². The molecule has 0 unspecified atom stereocenters.